The molecule has 0 bridgehead atoms. The fraction of sp³-hybridized carbons (Fsp3) is 1.00. The van der Waals surface area contributed by atoms with E-state index in [1.54, 1.807) is 7.11 Å². The minimum Gasteiger partial charge on any atom is -0.382 e. The SMILES string of the molecule is COCCOCCCCNCC1CCCOC1. The zero-order chi connectivity index (χ0) is 12.2. The highest BCUT2D eigenvalue weighted by atomic mass is 16.5. The zero-order valence-electron chi connectivity index (χ0n) is 11.1. The van der Waals surface area contributed by atoms with Gasteiger partial charge in [-0.2, -0.15) is 0 Å². The molecule has 1 unspecified atom stereocenters. The molecule has 0 aromatic rings. The maximum atomic E-state index is 5.44. The highest BCUT2D eigenvalue weighted by Crippen LogP contribution is 2.11. The average molecular weight is 245 g/mol. The number of methoxy groups -OCH3 is 1. The van der Waals surface area contributed by atoms with Crippen LogP contribution in [0.2, 0.25) is 0 Å². The van der Waals surface area contributed by atoms with Crippen molar-refractivity contribution in [1.82, 2.24) is 5.32 Å². The standard InChI is InChI=1S/C13H27NO3/c1-15-9-10-16-7-3-2-6-14-11-13-5-4-8-17-12-13/h13-14H,2-12H2,1H3. The molecule has 102 valence electrons. The van der Waals surface area contributed by atoms with Crippen molar-refractivity contribution in [2.24, 2.45) is 5.92 Å². The largest absolute Gasteiger partial charge is 0.382 e. The monoisotopic (exact) mass is 245 g/mol. The van der Waals surface area contributed by atoms with Crippen molar-refractivity contribution in [1.29, 1.82) is 0 Å². The van der Waals surface area contributed by atoms with Gasteiger partial charge in [-0.1, -0.05) is 0 Å². The van der Waals surface area contributed by atoms with Crippen molar-refractivity contribution in [3.05, 3.63) is 0 Å². The van der Waals surface area contributed by atoms with Crippen LogP contribution in [0.25, 0.3) is 0 Å². The first-order chi connectivity index (χ1) is 8.43. The van der Waals surface area contributed by atoms with Crippen LogP contribution in [0.1, 0.15) is 25.7 Å². The van der Waals surface area contributed by atoms with Gasteiger partial charge in [0.05, 0.1) is 19.8 Å². The maximum absolute atomic E-state index is 5.44. The number of rotatable bonds is 10. The van der Waals surface area contributed by atoms with E-state index in [-0.39, 0.29) is 0 Å². The Bertz CT molecular complexity index is 161. The normalized spacial score (nSPS) is 20.6. The molecule has 1 heterocycles. The van der Waals surface area contributed by atoms with Gasteiger partial charge in [0.15, 0.2) is 0 Å². The molecular weight excluding hydrogens is 218 g/mol. The first-order valence-corrected chi connectivity index (χ1v) is 6.78. The highest BCUT2D eigenvalue weighted by molar-refractivity contribution is 4.65. The Hall–Kier alpha value is -0.160. The molecule has 0 aliphatic carbocycles. The molecular formula is C13H27NO3. The smallest absolute Gasteiger partial charge is 0.0700 e. The third kappa shape index (κ3) is 8.55. The Morgan fingerprint density at radius 1 is 1.24 bits per heavy atom. The van der Waals surface area contributed by atoms with E-state index in [1.807, 2.05) is 0 Å². The summed E-state index contributed by atoms with van der Waals surface area (Å²) in [5, 5.41) is 3.50. The predicted octanol–water partition coefficient (Wildman–Crippen LogP) is 1.45. The van der Waals surface area contributed by atoms with Gasteiger partial charge in [-0.05, 0) is 38.1 Å². The van der Waals surface area contributed by atoms with Crippen molar-refractivity contribution < 1.29 is 14.2 Å². The van der Waals surface area contributed by atoms with Gasteiger partial charge in [-0.3, -0.25) is 0 Å². The molecule has 1 N–H and O–H groups in total. The number of nitrogens with one attached hydrogen (secondary N) is 1. The Morgan fingerprint density at radius 3 is 2.94 bits per heavy atom. The van der Waals surface area contributed by atoms with Gasteiger partial charge in [0.25, 0.3) is 0 Å². The topological polar surface area (TPSA) is 39.7 Å². The molecule has 1 atom stereocenters. The second-order valence-electron chi connectivity index (χ2n) is 4.60. The van der Waals surface area contributed by atoms with Gasteiger partial charge in [0.1, 0.15) is 0 Å². The molecule has 1 rings (SSSR count). The molecule has 1 aliphatic rings. The lowest BCUT2D eigenvalue weighted by molar-refractivity contribution is 0.0545. The van der Waals surface area contributed by atoms with E-state index in [9.17, 15) is 0 Å². The minimum atomic E-state index is 0.694. The van der Waals surface area contributed by atoms with Gasteiger partial charge >= 0.3 is 0 Å². The van der Waals surface area contributed by atoms with Crippen molar-refractivity contribution in [3.8, 4) is 0 Å². The van der Waals surface area contributed by atoms with E-state index >= 15 is 0 Å². The molecule has 0 aromatic heterocycles. The number of hydrogen-bond acceptors (Lipinski definition) is 4. The molecule has 0 spiro atoms. The lowest BCUT2D eigenvalue weighted by Gasteiger charge is -2.22. The summed E-state index contributed by atoms with van der Waals surface area (Å²) < 4.78 is 15.7. The quantitative estimate of drug-likeness (QED) is 0.591. The van der Waals surface area contributed by atoms with Crippen LogP contribution in [0, 0.1) is 5.92 Å². The van der Waals surface area contributed by atoms with Crippen molar-refractivity contribution in [3.63, 3.8) is 0 Å². The van der Waals surface area contributed by atoms with Crippen LogP contribution in [0.4, 0.5) is 0 Å². The summed E-state index contributed by atoms with van der Waals surface area (Å²) in [5.41, 5.74) is 0. The number of hydrogen-bond donors (Lipinski definition) is 1. The van der Waals surface area contributed by atoms with Crippen LogP contribution in [-0.4, -0.2) is 53.2 Å². The van der Waals surface area contributed by atoms with Gasteiger partial charge in [0, 0.05) is 26.9 Å². The van der Waals surface area contributed by atoms with Crippen LogP contribution in [-0.2, 0) is 14.2 Å². The predicted molar refractivity (Wildman–Crippen MR) is 68.3 cm³/mol. The lowest BCUT2D eigenvalue weighted by atomic mass is 10.0. The summed E-state index contributed by atoms with van der Waals surface area (Å²) in [6, 6.07) is 0. The van der Waals surface area contributed by atoms with E-state index in [1.165, 1.54) is 19.3 Å². The summed E-state index contributed by atoms with van der Waals surface area (Å²) in [5.74, 6) is 0.724. The molecule has 4 nitrogen and oxygen atoms in total. The Morgan fingerprint density at radius 2 is 2.18 bits per heavy atom. The summed E-state index contributed by atoms with van der Waals surface area (Å²) in [4.78, 5) is 0. The molecule has 4 heteroatoms. The number of unbranched alkanes of at least 4 members (excludes halogenated alkanes) is 1. The van der Waals surface area contributed by atoms with E-state index < -0.39 is 0 Å². The molecule has 17 heavy (non-hydrogen) atoms. The van der Waals surface area contributed by atoms with Gasteiger partial charge < -0.3 is 19.5 Å². The Kier molecular flexibility index (Phi) is 9.61. The Balaban J connectivity index is 1.75. The van der Waals surface area contributed by atoms with Crippen LogP contribution < -0.4 is 5.32 Å². The molecule has 1 aliphatic heterocycles. The maximum Gasteiger partial charge on any atom is 0.0700 e. The second-order valence-corrected chi connectivity index (χ2v) is 4.60. The van der Waals surface area contributed by atoms with E-state index in [0.717, 1.165) is 45.2 Å². The summed E-state index contributed by atoms with van der Waals surface area (Å²) >= 11 is 0. The van der Waals surface area contributed by atoms with Gasteiger partial charge in [-0.25, -0.2) is 0 Å². The second kappa shape index (κ2) is 11.0. The van der Waals surface area contributed by atoms with Crippen molar-refractivity contribution in [2.45, 2.75) is 25.7 Å². The summed E-state index contributed by atoms with van der Waals surface area (Å²) in [7, 11) is 1.70. The lowest BCUT2D eigenvalue weighted by Crippen LogP contribution is -2.29. The molecule has 1 fully saturated rings. The van der Waals surface area contributed by atoms with Crippen LogP contribution in [0.15, 0.2) is 0 Å². The molecule has 0 amide bonds. The Labute approximate surface area is 105 Å². The highest BCUT2D eigenvalue weighted by Gasteiger charge is 2.12. The third-order valence-electron chi connectivity index (χ3n) is 3.01. The van der Waals surface area contributed by atoms with Crippen LogP contribution in [0.5, 0.6) is 0 Å². The van der Waals surface area contributed by atoms with Crippen LogP contribution in [0.3, 0.4) is 0 Å². The number of ether oxygens (including phenoxy) is 3. The fourth-order valence-corrected chi connectivity index (χ4v) is 1.97. The first kappa shape index (κ1) is 14.9. The minimum absolute atomic E-state index is 0.694. The molecule has 0 saturated carbocycles. The molecule has 0 radical (unpaired) electrons. The van der Waals surface area contributed by atoms with Crippen LogP contribution >= 0.6 is 0 Å². The van der Waals surface area contributed by atoms with E-state index in [2.05, 4.69) is 5.32 Å². The van der Waals surface area contributed by atoms with Crippen molar-refractivity contribution in [2.75, 3.05) is 53.2 Å². The van der Waals surface area contributed by atoms with Gasteiger partial charge in [-0.15, -0.1) is 0 Å². The van der Waals surface area contributed by atoms with E-state index in [0.29, 0.717) is 13.2 Å². The summed E-state index contributed by atoms with van der Waals surface area (Å²) in [6.45, 7) is 6.33. The van der Waals surface area contributed by atoms with E-state index in [4.69, 9.17) is 14.2 Å². The third-order valence-corrected chi connectivity index (χ3v) is 3.01. The molecule has 1 saturated heterocycles. The van der Waals surface area contributed by atoms with Gasteiger partial charge in [0.2, 0.25) is 0 Å². The first-order valence-electron chi connectivity index (χ1n) is 6.78. The fourth-order valence-electron chi connectivity index (χ4n) is 1.97. The zero-order valence-corrected chi connectivity index (χ0v) is 11.1. The molecule has 0 aromatic carbocycles. The summed E-state index contributed by atoms with van der Waals surface area (Å²) in [6.07, 6.45) is 4.84. The van der Waals surface area contributed by atoms with Crippen molar-refractivity contribution >= 4 is 0 Å². The average Bonchev–Trinajstić information content (AvgIpc) is 2.38.